The summed E-state index contributed by atoms with van der Waals surface area (Å²) in [5, 5.41) is 6.38. The average Bonchev–Trinajstić information content (AvgIpc) is 2.72. The van der Waals surface area contributed by atoms with Gasteiger partial charge in [-0.25, -0.2) is 13.2 Å². The molecule has 1 aliphatic rings. The predicted octanol–water partition coefficient (Wildman–Crippen LogP) is 1.34. The van der Waals surface area contributed by atoms with Gasteiger partial charge in [-0.3, -0.25) is 0 Å². The Bertz CT molecular complexity index is 635. The normalized spacial score (nSPS) is 23.2. The van der Waals surface area contributed by atoms with Crippen molar-refractivity contribution in [1.82, 2.24) is 10.6 Å². The van der Waals surface area contributed by atoms with E-state index in [4.69, 9.17) is 16.3 Å². The first-order chi connectivity index (χ1) is 10.4. The Morgan fingerprint density at radius 2 is 2.00 bits per heavy atom. The van der Waals surface area contributed by atoms with Crippen LogP contribution >= 0.6 is 11.6 Å². The zero-order chi connectivity index (χ0) is 16.2. The second-order valence-corrected chi connectivity index (χ2v) is 7.69. The maximum Gasteiger partial charge on any atom is 0.407 e. The fourth-order valence-corrected chi connectivity index (χ4v) is 4.50. The van der Waals surface area contributed by atoms with Crippen molar-refractivity contribution in [2.24, 2.45) is 0 Å². The maximum absolute atomic E-state index is 11.8. The summed E-state index contributed by atoms with van der Waals surface area (Å²) < 4.78 is 28.4. The maximum atomic E-state index is 11.8. The fraction of sp³-hybridized carbons (Fsp3) is 0.500. The number of hydrogen-bond acceptors (Lipinski definition) is 5. The number of nitrogens with one attached hydrogen (secondary N) is 2. The first-order valence-electron chi connectivity index (χ1n) is 7.02. The van der Waals surface area contributed by atoms with Crippen LogP contribution in [0.5, 0.6) is 0 Å². The second kappa shape index (κ2) is 7.30. The first-order valence-corrected chi connectivity index (χ1v) is 9.21. The van der Waals surface area contributed by atoms with Crippen LogP contribution in [0.1, 0.15) is 12.5 Å². The molecule has 0 bridgehead atoms. The minimum absolute atomic E-state index is 0.0193. The summed E-state index contributed by atoms with van der Waals surface area (Å²) in [5.74, 6) is -0.111. The standard InChI is InChI=1S/C14H19ClN2O4S/c1-2-21-14(18)17-13-9-22(19,20)8-12(13)16-7-10-5-3-4-6-11(10)15/h3-6,12-13,16H,2,7-9H2,1H3,(H,17,18)/t12-,13-/m1/s1. The molecule has 1 aliphatic heterocycles. The van der Waals surface area contributed by atoms with Crippen molar-refractivity contribution in [3.63, 3.8) is 0 Å². The molecule has 0 aromatic heterocycles. The van der Waals surface area contributed by atoms with Gasteiger partial charge in [-0.2, -0.15) is 0 Å². The Kier molecular flexibility index (Phi) is 5.66. The smallest absolute Gasteiger partial charge is 0.407 e. The highest BCUT2D eigenvalue weighted by atomic mass is 35.5. The molecule has 0 radical (unpaired) electrons. The molecule has 1 saturated heterocycles. The van der Waals surface area contributed by atoms with E-state index < -0.39 is 22.0 Å². The quantitative estimate of drug-likeness (QED) is 0.840. The first kappa shape index (κ1) is 17.1. The largest absolute Gasteiger partial charge is 0.450 e. The topological polar surface area (TPSA) is 84.5 Å². The number of halogens is 1. The molecule has 2 rings (SSSR count). The minimum atomic E-state index is -3.19. The third kappa shape index (κ3) is 4.59. The van der Waals surface area contributed by atoms with Crippen molar-refractivity contribution >= 4 is 27.5 Å². The predicted molar refractivity (Wildman–Crippen MR) is 84.7 cm³/mol. The SMILES string of the molecule is CCOC(=O)N[C@@H]1CS(=O)(=O)C[C@H]1NCc1ccccc1Cl. The summed E-state index contributed by atoms with van der Waals surface area (Å²) in [7, 11) is -3.19. The van der Waals surface area contributed by atoms with E-state index in [9.17, 15) is 13.2 Å². The Labute approximate surface area is 135 Å². The van der Waals surface area contributed by atoms with E-state index in [0.717, 1.165) is 5.56 Å². The van der Waals surface area contributed by atoms with Gasteiger partial charge in [-0.1, -0.05) is 29.8 Å². The van der Waals surface area contributed by atoms with Gasteiger partial charge in [-0.15, -0.1) is 0 Å². The van der Waals surface area contributed by atoms with Gasteiger partial charge >= 0.3 is 6.09 Å². The van der Waals surface area contributed by atoms with Crippen LogP contribution in [0.25, 0.3) is 0 Å². The van der Waals surface area contributed by atoms with Crippen LogP contribution < -0.4 is 10.6 Å². The number of carbonyl (C=O) groups excluding carboxylic acids is 1. The van der Waals surface area contributed by atoms with Crippen LogP contribution in [-0.4, -0.2) is 44.7 Å². The van der Waals surface area contributed by atoms with Gasteiger partial charge in [0.2, 0.25) is 0 Å². The molecule has 0 spiro atoms. The van der Waals surface area contributed by atoms with E-state index in [1.165, 1.54) is 0 Å². The summed E-state index contributed by atoms with van der Waals surface area (Å²) in [6, 6.07) is 6.46. The lowest BCUT2D eigenvalue weighted by atomic mass is 10.1. The molecule has 2 atom stereocenters. The molecule has 1 aromatic carbocycles. The summed E-state index contributed by atoms with van der Waals surface area (Å²) in [6.45, 7) is 2.36. The van der Waals surface area contributed by atoms with Crippen LogP contribution in [0.4, 0.5) is 4.79 Å². The second-order valence-electron chi connectivity index (χ2n) is 5.13. The van der Waals surface area contributed by atoms with Crippen LogP contribution in [0.2, 0.25) is 5.02 Å². The molecule has 1 fully saturated rings. The van der Waals surface area contributed by atoms with E-state index in [0.29, 0.717) is 11.6 Å². The Hall–Kier alpha value is -1.31. The molecule has 1 aromatic rings. The molecular formula is C14H19ClN2O4S. The molecule has 8 heteroatoms. The molecule has 22 heavy (non-hydrogen) atoms. The molecule has 0 unspecified atom stereocenters. The van der Waals surface area contributed by atoms with Gasteiger partial charge in [0.25, 0.3) is 0 Å². The number of alkyl carbamates (subject to hydrolysis) is 1. The van der Waals surface area contributed by atoms with Crippen LogP contribution in [-0.2, 0) is 21.1 Å². The van der Waals surface area contributed by atoms with Crippen LogP contribution in [0.15, 0.2) is 24.3 Å². The molecule has 1 heterocycles. The summed E-state index contributed by atoms with van der Waals surface area (Å²) >= 11 is 6.08. The number of sulfone groups is 1. The number of rotatable bonds is 5. The average molecular weight is 347 g/mol. The summed E-state index contributed by atoms with van der Waals surface area (Å²) in [6.07, 6.45) is -0.603. The van der Waals surface area contributed by atoms with Crippen molar-refractivity contribution in [3.8, 4) is 0 Å². The number of carbonyl (C=O) groups is 1. The molecular weight excluding hydrogens is 328 g/mol. The molecule has 6 nitrogen and oxygen atoms in total. The van der Waals surface area contributed by atoms with Crippen LogP contribution in [0.3, 0.4) is 0 Å². The van der Waals surface area contributed by atoms with E-state index in [2.05, 4.69) is 10.6 Å². The van der Waals surface area contributed by atoms with Gasteiger partial charge in [0, 0.05) is 17.6 Å². The highest BCUT2D eigenvalue weighted by Gasteiger charge is 2.38. The zero-order valence-corrected chi connectivity index (χ0v) is 13.8. The van der Waals surface area contributed by atoms with E-state index >= 15 is 0 Å². The Morgan fingerprint density at radius 1 is 1.32 bits per heavy atom. The van der Waals surface area contributed by atoms with E-state index in [1.54, 1.807) is 13.0 Å². The lowest BCUT2D eigenvalue weighted by Crippen LogP contribution is -2.49. The van der Waals surface area contributed by atoms with E-state index in [1.807, 2.05) is 18.2 Å². The minimum Gasteiger partial charge on any atom is -0.450 e. The van der Waals surface area contributed by atoms with Crippen molar-refractivity contribution in [2.75, 3.05) is 18.1 Å². The van der Waals surface area contributed by atoms with Crippen LogP contribution in [0, 0.1) is 0 Å². The zero-order valence-electron chi connectivity index (χ0n) is 12.2. The lowest BCUT2D eigenvalue weighted by Gasteiger charge is -2.20. The van der Waals surface area contributed by atoms with Gasteiger partial charge in [-0.05, 0) is 18.6 Å². The van der Waals surface area contributed by atoms with Crippen molar-refractivity contribution in [3.05, 3.63) is 34.9 Å². The number of benzene rings is 1. The Morgan fingerprint density at radius 3 is 2.68 bits per heavy atom. The molecule has 0 saturated carbocycles. The highest BCUT2D eigenvalue weighted by molar-refractivity contribution is 7.91. The third-order valence-electron chi connectivity index (χ3n) is 3.44. The van der Waals surface area contributed by atoms with Gasteiger partial charge in [0.15, 0.2) is 9.84 Å². The van der Waals surface area contributed by atoms with Crippen molar-refractivity contribution in [2.45, 2.75) is 25.6 Å². The molecule has 0 aliphatic carbocycles. The van der Waals surface area contributed by atoms with Gasteiger partial charge in [0.05, 0.1) is 24.2 Å². The third-order valence-corrected chi connectivity index (χ3v) is 5.55. The highest BCUT2D eigenvalue weighted by Crippen LogP contribution is 2.17. The monoisotopic (exact) mass is 346 g/mol. The Balaban J connectivity index is 2.00. The number of amides is 1. The lowest BCUT2D eigenvalue weighted by molar-refractivity contribution is 0.147. The molecule has 122 valence electrons. The molecule has 1 amide bonds. The summed E-state index contributed by atoms with van der Waals surface area (Å²) in [4.78, 5) is 11.5. The summed E-state index contributed by atoms with van der Waals surface area (Å²) in [5.41, 5.74) is 0.878. The van der Waals surface area contributed by atoms with Crippen molar-refractivity contribution < 1.29 is 17.9 Å². The number of ether oxygens (including phenoxy) is 1. The van der Waals surface area contributed by atoms with Gasteiger partial charge in [0.1, 0.15) is 0 Å². The van der Waals surface area contributed by atoms with Crippen molar-refractivity contribution in [1.29, 1.82) is 0 Å². The number of hydrogen-bond donors (Lipinski definition) is 2. The molecule has 2 N–H and O–H groups in total. The van der Waals surface area contributed by atoms with Gasteiger partial charge < -0.3 is 15.4 Å². The van der Waals surface area contributed by atoms with E-state index in [-0.39, 0.29) is 24.2 Å². The fourth-order valence-electron chi connectivity index (χ4n) is 2.40.